The van der Waals surface area contributed by atoms with E-state index in [9.17, 15) is 9.59 Å². The lowest BCUT2D eigenvalue weighted by Crippen LogP contribution is -2.27. The van der Waals surface area contributed by atoms with Crippen molar-refractivity contribution in [2.24, 2.45) is 5.92 Å². The predicted molar refractivity (Wildman–Crippen MR) is 113 cm³/mol. The first kappa shape index (κ1) is 20.1. The van der Waals surface area contributed by atoms with Crippen LogP contribution in [0.3, 0.4) is 0 Å². The Morgan fingerprint density at radius 2 is 1.61 bits per heavy atom. The Balaban J connectivity index is 1.50. The van der Waals surface area contributed by atoms with E-state index in [2.05, 4.69) is 10.6 Å². The van der Waals surface area contributed by atoms with Gasteiger partial charge in [0, 0.05) is 13.0 Å². The molecule has 2 N–H and O–H groups in total. The summed E-state index contributed by atoms with van der Waals surface area (Å²) in [5.41, 5.74) is 2.29. The Bertz CT molecular complexity index is 767. The van der Waals surface area contributed by atoms with E-state index in [1.807, 2.05) is 42.5 Å². The molecular formula is C24H30N2O2. The second-order valence-electron chi connectivity index (χ2n) is 7.63. The molecule has 1 aliphatic carbocycles. The number of carbonyl (C=O) groups excluding carboxylic acids is 2. The normalized spacial score (nSPS) is 14.4. The highest BCUT2D eigenvalue weighted by Crippen LogP contribution is 2.27. The molecule has 0 heterocycles. The molecule has 2 aromatic carbocycles. The van der Waals surface area contributed by atoms with Crippen LogP contribution in [0.25, 0.3) is 0 Å². The smallest absolute Gasteiger partial charge is 0.253 e. The highest BCUT2D eigenvalue weighted by Gasteiger charge is 2.16. The topological polar surface area (TPSA) is 58.2 Å². The largest absolute Gasteiger partial charge is 0.352 e. The van der Waals surface area contributed by atoms with Crippen molar-refractivity contribution in [3.63, 3.8) is 0 Å². The third kappa shape index (κ3) is 6.22. The van der Waals surface area contributed by atoms with Crippen molar-refractivity contribution in [3.05, 3.63) is 65.7 Å². The molecule has 0 radical (unpaired) electrons. The zero-order chi connectivity index (χ0) is 19.6. The molecule has 0 aromatic heterocycles. The Kier molecular flexibility index (Phi) is 7.65. The van der Waals surface area contributed by atoms with Crippen molar-refractivity contribution in [1.29, 1.82) is 0 Å². The Hall–Kier alpha value is -2.62. The average Bonchev–Trinajstić information content (AvgIpc) is 2.74. The van der Waals surface area contributed by atoms with Crippen molar-refractivity contribution in [3.8, 4) is 0 Å². The van der Waals surface area contributed by atoms with E-state index in [4.69, 9.17) is 0 Å². The molecule has 1 aliphatic rings. The van der Waals surface area contributed by atoms with Gasteiger partial charge in [0.05, 0.1) is 11.3 Å². The van der Waals surface area contributed by atoms with E-state index in [-0.39, 0.29) is 11.8 Å². The van der Waals surface area contributed by atoms with Gasteiger partial charge >= 0.3 is 0 Å². The van der Waals surface area contributed by atoms with E-state index in [1.54, 1.807) is 12.1 Å². The summed E-state index contributed by atoms with van der Waals surface area (Å²) in [5, 5.41) is 5.89. The van der Waals surface area contributed by atoms with E-state index in [0.29, 0.717) is 30.1 Å². The van der Waals surface area contributed by atoms with Gasteiger partial charge in [0.15, 0.2) is 0 Å². The third-order valence-corrected chi connectivity index (χ3v) is 5.49. The van der Waals surface area contributed by atoms with Gasteiger partial charge in [-0.15, -0.1) is 0 Å². The molecule has 0 spiro atoms. The maximum absolute atomic E-state index is 12.6. The summed E-state index contributed by atoms with van der Waals surface area (Å²) in [6.45, 7) is 0.562. The summed E-state index contributed by atoms with van der Waals surface area (Å²) in [5.74, 6) is 0.519. The summed E-state index contributed by atoms with van der Waals surface area (Å²) in [6.07, 6.45) is 8.64. The lowest BCUT2D eigenvalue weighted by molar-refractivity contribution is -0.116. The lowest BCUT2D eigenvalue weighted by atomic mass is 9.86. The van der Waals surface area contributed by atoms with Gasteiger partial charge in [-0.1, -0.05) is 74.6 Å². The van der Waals surface area contributed by atoms with Crippen molar-refractivity contribution < 1.29 is 9.59 Å². The van der Waals surface area contributed by atoms with E-state index >= 15 is 0 Å². The van der Waals surface area contributed by atoms with Gasteiger partial charge in [-0.2, -0.15) is 0 Å². The number of hydrogen-bond acceptors (Lipinski definition) is 2. The fourth-order valence-electron chi connectivity index (χ4n) is 3.87. The maximum Gasteiger partial charge on any atom is 0.253 e. The number of hydrogen-bond donors (Lipinski definition) is 2. The van der Waals surface area contributed by atoms with Crippen LogP contribution in [0, 0.1) is 5.92 Å². The van der Waals surface area contributed by atoms with Crippen LogP contribution < -0.4 is 10.6 Å². The van der Waals surface area contributed by atoms with Crippen LogP contribution >= 0.6 is 0 Å². The predicted octanol–water partition coefficient (Wildman–Crippen LogP) is 4.96. The number of nitrogens with one attached hydrogen (secondary N) is 2. The highest BCUT2D eigenvalue weighted by molar-refractivity contribution is 6.03. The van der Waals surface area contributed by atoms with Crippen LogP contribution in [0.15, 0.2) is 54.6 Å². The fourth-order valence-corrected chi connectivity index (χ4v) is 3.87. The second kappa shape index (κ2) is 10.6. The second-order valence-corrected chi connectivity index (χ2v) is 7.63. The third-order valence-electron chi connectivity index (χ3n) is 5.49. The van der Waals surface area contributed by atoms with Crippen LogP contribution in [0.2, 0.25) is 0 Å². The molecule has 2 amide bonds. The number of rotatable bonds is 8. The van der Waals surface area contributed by atoms with Crippen LogP contribution in [0.4, 0.5) is 5.69 Å². The molecule has 1 fully saturated rings. The monoisotopic (exact) mass is 378 g/mol. The van der Waals surface area contributed by atoms with Crippen LogP contribution in [0.5, 0.6) is 0 Å². The zero-order valence-electron chi connectivity index (χ0n) is 16.5. The Morgan fingerprint density at radius 3 is 2.39 bits per heavy atom. The molecular weight excluding hydrogens is 348 g/mol. The number of para-hydroxylation sites is 1. The number of carbonyl (C=O) groups is 2. The standard InChI is InChI=1S/C24H30N2O2/c27-23(16-15-19-9-3-1-4-10-19)26-22-14-8-7-13-21(22)24(28)25-18-17-20-11-5-2-6-12-20/h2,5-8,11-14,19H,1,3-4,9-10,15-18H2,(H,25,28)(H,26,27). The molecule has 2 aromatic rings. The minimum absolute atomic E-state index is 0.00453. The Morgan fingerprint density at radius 1 is 0.893 bits per heavy atom. The van der Waals surface area contributed by atoms with Crippen LogP contribution in [-0.2, 0) is 11.2 Å². The molecule has 28 heavy (non-hydrogen) atoms. The maximum atomic E-state index is 12.6. The first-order valence-electron chi connectivity index (χ1n) is 10.4. The van der Waals surface area contributed by atoms with Gasteiger partial charge in [-0.05, 0) is 36.5 Å². The zero-order valence-corrected chi connectivity index (χ0v) is 16.5. The molecule has 0 bridgehead atoms. The van der Waals surface area contributed by atoms with Gasteiger partial charge in [-0.25, -0.2) is 0 Å². The molecule has 0 saturated heterocycles. The number of anilines is 1. The molecule has 0 aliphatic heterocycles. The van der Waals surface area contributed by atoms with Crippen molar-refractivity contribution in [2.75, 3.05) is 11.9 Å². The minimum Gasteiger partial charge on any atom is -0.352 e. The summed E-state index contributed by atoms with van der Waals surface area (Å²) >= 11 is 0. The van der Waals surface area contributed by atoms with Gasteiger partial charge in [0.2, 0.25) is 5.91 Å². The lowest BCUT2D eigenvalue weighted by Gasteiger charge is -2.21. The quantitative estimate of drug-likeness (QED) is 0.682. The van der Waals surface area contributed by atoms with Crippen molar-refractivity contribution in [1.82, 2.24) is 5.32 Å². The summed E-state index contributed by atoms with van der Waals surface area (Å²) < 4.78 is 0. The molecule has 4 heteroatoms. The highest BCUT2D eigenvalue weighted by atomic mass is 16.2. The Labute approximate surface area is 167 Å². The van der Waals surface area contributed by atoms with Crippen LogP contribution in [-0.4, -0.2) is 18.4 Å². The summed E-state index contributed by atoms with van der Waals surface area (Å²) in [7, 11) is 0. The van der Waals surface area contributed by atoms with E-state index < -0.39 is 0 Å². The number of amides is 2. The number of benzene rings is 2. The first-order chi connectivity index (χ1) is 13.7. The van der Waals surface area contributed by atoms with Crippen molar-refractivity contribution >= 4 is 17.5 Å². The molecule has 3 rings (SSSR count). The summed E-state index contributed by atoms with van der Waals surface area (Å²) in [4.78, 5) is 25.0. The van der Waals surface area contributed by atoms with Gasteiger partial charge in [0.25, 0.3) is 5.91 Å². The molecule has 148 valence electrons. The van der Waals surface area contributed by atoms with Gasteiger partial charge < -0.3 is 10.6 Å². The molecule has 4 nitrogen and oxygen atoms in total. The molecule has 0 unspecified atom stereocenters. The average molecular weight is 379 g/mol. The molecule has 1 saturated carbocycles. The SMILES string of the molecule is O=C(CCC1CCCCC1)Nc1ccccc1C(=O)NCCc1ccccc1. The minimum atomic E-state index is -0.154. The fraction of sp³-hybridized carbons (Fsp3) is 0.417. The van der Waals surface area contributed by atoms with Gasteiger partial charge in [-0.3, -0.25) is 9.59 Å². The summed E-state index contributed by atoms with van der Waals surface area (Å²) in [6, 6.07) is 17.3. The van der Waals surface area contributed by atoms with E-state index in [0.717, 1.165) is 12.8 Å². The van der Waals surface area contributed by atoms with Crippen LogP contribution in [0.1, 0.15) is 60.9 Å². The van der Waals surface area contributed by atoms with Gasteiger partial charge in [0.1, 0.15) is 0 Å². The molecule has 0 atom stereocenters. The van der Waals surface area contributed by atoms with E-state index in [1.165, 1.54) is 37.7 Å². The van der Waals surface area contributed by atoms with Crippen molar-refractivity contribution in [2.45, 2.75) is 51.4 Å². The first-order valence-corrected chi connectivity index (χ1v) is 10.4.